The molecule has 0 spiro atoms. The minimum absolute atomic E-state index is 0.00928. The van der Waals surface area contributed by atoms with Crippen molar-refractivity contribution in [1.82, 2.24) is 0 Å². The zero-order valence-electron chi connectivity index (χ0n) is 19.4. The van der Waals surface area contributed by atoms with Gasteiger partial charge in [0.05, 0.1) is 16.3 Å². The Morgan fingerprint density at radius 2 is 1.60 bits per heavy atom. The first kappa shape index (κ1) is 24.6. The molecule has 0 aromatic heterocycles. The minimum atomic E-state index is -4.11. The largest absolute Gasteiger partial charge is 0.454 e. The molecule has 0 atom stereocenters. The van der Waals surface area contributed by atoms with E-state index in [1.54, 1.807) is 19.1 Å². The summed E-state index contributed by atoms with van der Waals surface area (Å²) in [5.74, 6) is 1.07. The average molecular weight is 536 g/mol. The average Bonchev–Trinajstić information content (AvgIpc) is 2.78. The number of halogens is 2. The Kier molecular flexibility index (Phi) is 6.39. The zero-order valence-corrected chi connectivity index (χ0v) is 21.7. The van der Waals surface area contributed by atoms with Crippen LogP contribution >= 0.6 is 23.2 Å². The van der Waals surface area contributed by atoms with Gasteiger partial charge in [0.1, 0.15) is 4.90 Å². The number of carbonyl (C=O) groups excluding carboxylic acids is 2. The number of ketones is 1. The molecule has 0 aliphatic heterocycles. The van der Waals surface area contributed by atoms with Crippen LogP contribution in [-0.2, 0) is 19.6 Å². The Bertz CT molecular complexity index is 1270. The van der Waals surface area contributed by atoms with Crippen LogP contribution in [-0.4, -0.2) is 26.8 Å². The number of Topliss-reactive ketones (excluding diaryl/α,β-unsaturated/α-hetero) is 1. The second kappa shape index (κ2) is 9.09. The summed E-state index contributed by atoms with van der Waals surface area (Å²) in [6.07, 6.45) is 6.35. The summed E-state index contributed by atoms with van der Waals surface area (Å²) in [4.78, 5) is 25.6. The van der Waals surface area contributed by atoms with E-state index < -0.39 is 16.0 Å². The van der Waals surface area contributed by atoms with E-state index in [4.69, 9.17) is 27.9 Å². The summed E-state index contributed by atoms with van der Waals surface area (Å²) in [5.41, 5.74) is 0.726. The SMILES string of the molecule is Cc1ccc(NS(=O)(=O)c2cc(C(=O)OCC(=O)C34CC5CC(CC(C5)C3)C4)ccc2Cl)cc1Cl. The lowest BCUT2D eigenvalue weighted by Gasteiger charge is -2.55. The molecular weight excluding hydrogens is 509 g/mol. The topological polar surface area (TPSA) is 89.5 Å². The van der Waals surface area contributed by atoms with Crippen molar-refractivity contribution in [3.05, 3.63) is 57.6 Å². The van der Waals surface area contributed by atoms with E-state index in [9.17, 15) is 18.0 Å². The fourth-order valence-electron chi connectivity index (χ4n) is 6.52. The smallest absolute Gasteiger partial charge is 0.338 e. The number of hydrogen-bond donors (Lipinski definition) is 1. The first-order chi connectivity index (χ1) is 16.5. The molecule has 4 fully saturated rings. The number of rotatable bonds is 7. The van der Waals surface area contributed by atoms with Crippen LogP contribution in [0.5, 0.6) is 0 Å². The maximum absolute atomic E-state index is 13.2. The van der Waals surface area contributed by atoms with E-state index in [2.05, 4.69) is 4.72 Å². The van der Waals surface area contributed by atoms with Crippen molar-refractivity contribution in [1.29, 1.82) is 0 Å². The molecule has 4 aliphatic carbocycles. The monoisotopic (exact) mass is 535 g/mol. The molecule has 0 unspecified atom stereocenters. The Morgan fingerprint density at radius 1 is 0.971 bits per heavy atom. The minimum Gasteiger partial charge on any atom is -0.454 e. The number of nitrogens with one attached hydrogen (secondary N) is 1. The summed E-state index contributed by atoms with van der Waals surface area (Å²) in [5, 5.41) is 0.370. The number of esters is 1. The van der Waals surface area contributed by atoms with Gasteiger partial charge in [-0.25, -0.2) is 13.2 Å². The van der Waals surface area contributed by atoms with Crippen LogP contribution in [0.1, 0.15) is 54.4 Å². The van der Waals surface area contributed by atoms with Crippen LogP contribution in [0, 0.1) is 30.1 Å². The lowest BCUT2D eigenvalue weighted by molar-refractivity contribution is -0.147. The van der Waals surface area contributed by atoms with Crippen LogP contribution in [0.2, 0.25) is 10.0 Å². The molecule has 4 aliphatic rings. The van der Waals surface area contributed by atoms with Crippen molar-refractivity contribution < 1.29 is 22.7 Å². The number of sulfonamides is 1. The molecule has 6 rings (SSSR count). The zero-order chi connectivity index (χ0) is 25.0. The first-order valence-electron chi connectivity index (χ1n) is 11.8. The highest BCUT2D eigenvalue weighted by Crippen LogP contribution is 2.60. The molecule has 0 saturated heterocycles. The molecule has 0 heterocycles. The molecule has 186 valence electrons. The first-order valence-corrected chi connectivity index (χ1v) is 14.1. The summed E-state index contributed by atoms with van der Waals surface area (Å²) >= 11 is 12.3. The van der Waals surface area contributed by atoms with Gasteiger partial charge in [-0.1, -0.05) is 29.3 Å². The molecule has 6 nitrogen and oxygen atoms in total. The van der Waals surface area contributed by atoms with Gasteiger partial charge in [-0.2, -0.15) is 0 Å². The van der Waals surface area contributed by atoms with Crippen molar-refractivity contribution in [3.8, 4) is 0 Å². The van der Waals surface area contributed by atoms with E-state index in [1.807, 2.05) is 0 Å². The van der Waals surface area contributed by atoms with Crippen molar-refractivity contribution in [2.45, 2.75) is 50.3 Å². The van der Waals surface area contributed by atoms with Gasteiger partial charge in [-0.15, -0.1) is 0 Å². The third-order valence-electron chi connectivity index (χ3n) is 7.84. The molecule has 35 heavy (non-hydrogen) atoms. The molecule has 2 aromatic rings. The van der Waals surface area contributed by atoms with Gasteiger partial charge in [0.2, 0.25) is 0 Å². The second-order valence-corrected chi connectivity index (χ2v) is 12.9. The summed E-state index contributed by atoms with van der Waals surface area (Å²) < 4.78 is 33.7. The molecule has 1 N–H and O–H groups in total. The van der Waals surface area contributed by atoms with Crippen molar-refractivity contribution >= 4 is 50.7 Å². The van der Waals surface area contributed by atoms with Crippen molar-refractivity contribution in [3.63, 3.8) is 0 Å². The van der Waals surface area contributed by atoms with E-state index in [0.717, 1.165) is 30.9 Å². The third-order valence-corrected chi connectivity index (χ3v) is 10.1. The van der Waals surface area contributed by atoms with Gasteiger partial charge in [0.15, 0.2) is 12.4 Å². The lowest BCUT2D eigenvalue weighted by Crippen LogP contribution is -2.51. The summed E-state index contributed by atoms with van der Waals surface area (Å²) in [6.45, 7) is 1.51. The van der Waals surface area contributed by atoms with Crippen LogP contribution in [0.15, 0.2) is 41.3 Å². The Hall–Kier alpha value is -2.09. The van der Waals surface area contributed by atoms with Gasteiger partial charge in [-0.05, 0) is 99.1 Å². The van der Waals surface area contributed by atoms with Gasteiger partial charge >= 0.3 is 5.97 Å². The fourth-order valence-corrected chi connectivity index (χ4v) is 8.28. The molecule has 2 aromatic carbocycles. The van der Waals surface area contributed by atoms with Crippen LogP contribution in [0.4, 0.5) is 5.69 Å². The molecule has 4 saturated carbocycles. The molecule has 0 radical (unpaired) electrons. The Balaban J connectivity index is 1.28. The molecule has 4 bridgehead atoms. The molecule has 9 heteroatoms. The number of carbonyl (C=O) groups is 2. The number of ether oxygens (including phenoxy) is 1. The van der Waals surface area contributed by atoms with Crippen LogP contribution < -0.4 is 4.72 Å². The maximum Gasteiger partial charge on any atom is 0.338 e. The maximum atomic E-state index is 13.2. The van der Waals surface area contributed by atoms with E-state index in [1.165, 1.54) is 37.5 Å². The number of hydrogen-bond acceptors (Lipinski definition) is 5. The normalized spacial score (nSPS) is 27.0. The number of benzene rings is 2. The van der Waals surface area contributed by atoms with Crippen LogP contribution in [0.25, 0.3) is 0 Å². The van der Waals surface area contributed by atoms with Gasteiger partial charge < -0.3 is 4.74 Å². The lowest BCUT2D eigenvalue weighted by atomic mass is 9.48. The quantitative estimate of drug-likeness (QED) is 0.436. The number of aryl methyl sites for hydroxylation is 1. The highest BCUT2D eigenvalue weighted by Gasteiger charge is 2.54. The summed E-state index contributed by atoms with van der Waals surface area (Å²) in [7, 11) is -4.11. The van der Waals surface area contributed by atoms with E-state index in [0.29, 0.717) is 22.8 Å². The van der Waals surface area contributed by atoms with Crippen LogP contribution in [0.3, 0.4) is 0 Å². The van der Waals surface area contributed by atoms with Gasteiger partial charge in [0.25, 0.3) is 10.0 Å². The Morgan fingerprint density at radius 3 is 2.20 bits per heavy atom. The number of anilines is 1. The van der Waals surface area contributed by atoms with Crippen molar-refractivity contribution in [2.75, 3.05) is 11.3 Å². The fraction of sp³-hybridized carbons (Fsp3) is 0.462. The second-order valence-electron chi connectivity index (χ2n) is 10.4. The predicted molar refractivity (Wildman–Crippen MR) is 134 cm³/mol. The van der Waals surface area contributed by atoms with E-state index >= 15 is 0 Å². The van der Waals surface area contributed by atoms with Gasteiger partial charge in [-0.3, -0.25) is 9.52 Å². The van der Waals surface area contributed by atoms with Crippen molar-refractivity contribution in [2.24, 2.45) is 23.2 Å². The standard InChI is InChI=1S/C26H27Cl2NO5S/c1-15-2-4-20(10-22(15)28)29-35(32,33)23-9-19(3-5-21(23)27)25(31)34-14-24(30)26-11-16-6-17(12-26)8-18(7-16)13-26/h2-5,9-10,16-18,29H,6-8,11-14H2,1H3. The Labute approximate surface area is 215 Å². The molecule has 0 amide bonds. The molecular formula is C26H27Cl2NO5S. The highest BCUT2D eigenvalue weighted by atomic mass is 35.5. The van der Waals surface area contributed by atoms with Gasteiger partial charge in [0, 0.05) is 10.4 Å². The highest BCUT2D eigenvalue weighted by molar-refractivity contribution is 7.92. The third kappa shape index (κ3) is 4.83. The summed E-state index contributed by atoms with van der Waals surface area (Å²) in [6, 6.07) is 8.66. The predicted octanol–water partition coefficient (Wildman–Crippen LogP) is 6.04. The van der Waals surface area contributed by atoms with E-state index in [-0.39, 0.29) is 39.0 Å².